The first-order chi connectivity index (χ1) is 6.61. The molecule has 1 atom stereocenters. The molecule has 4 nitrogen and oxygen atoms in total. The van der Waals surface area contributed by atoms with E-state index in [9.17, 15) is 9.59 Å². The first-order valence-electron chi connectivity index (χ1n) is 4.06. The summed E-state index contributed by atoms with van der Waals surface area (Å²) < 4.78 is 0. The highest BCUT2D eigenvalue weighted by atomic mass is 32.2. The van der Waals surface area contributed by atoms with Gasteiger partial charge >= 0.3 is 5.97 Å². The molecular weight excluding hydrogens is 202 g/mol. The van der Waals surface area contributed by atoms with Gasteiger partial charge in [0.1, 0.15) is 6.04 Å². The second kappa shape index (κ2) is 7.27. The van der Waals surface area contributed by atoms with E-state index in [-0.39, 0.29) is 0 Å². The minimum atomic E-state index is -1.02. The smallest absolute Gasteiger partial charge is 0.326 e. The second-order valence-corrected chi connectivity index (χ2v) is 3.51. The summed E-state index contributed by atoms with van der Waals surface area (Å²) in [6, 6.07) is -0.837. The highest BCUT2D eigenvalue weighted by molar-refractivity contribution is 7.98. The lowest BCUT2D eigenvalue weighted by atomic mass is 10.2. The monoisotopic (exact) mass is 215 g/mol. The van der Waals surface area contributed by atoms with E-state index in [1.54, 1.807) is 0 Å². The van der Waals surface area contributed by atoms with Crippen LogP contribution in [-0.4, -0.2) is 35.0 Å². The number of carbonyl (C=O) groups excluding carboxylic acids is 1. The molecule has 78 valence electrons. The van der Waals surface area contributed by atoms with E-state index in [1.807, 2.05) is 6.26 Å². The summed E-state index contributed by atoms with van der Waals surface area (Å²) in [7, 11) is 0. The second-order valence-electron chi connectivity index (χ2n) is 2.52. The van der Waals surface area contributed by atoms with E-state index in [2.05, 4.69) is 17.2 Å². The van der Waals surface area contributed by atoms with Crippen LogP contribution >= 0.6 is 11.8 Å². The van der Waals surface area contributed by atoms with Gasteiger partial charge < -0.3 is 10.4 Å². The number of carboxylic acids is 1. The topological polar surface area (TPSA) is 66.4 Å². The van der Waals surface area contributed by atoms with Crippen molar-refractivity contribution in [1.82, 2.24) is 5.32 Å². The maximum Gasteiger partial charge on any atom is 0.326 e. The summed E-state index contributed by atoms with van der Waals surface area (Å²) >= 11 is 1.54. The molecule has 0 aliphatic heterocycles. The van der Waals surface area contributed by atoms with Crippen molar-refractivity contribution in [1.29, 1.82) is 0 Å². The average Bonchev–Trinajstić information content (AvgIpc) is 2.12. The average molecular weight is 215 g/mol. The lowest BCUT2D eigenvalue weighted by Gasteiger charge is -2.11. The number of hydrogen-bond acceptors (Lipinski definition) is 3. The largest absolute Gasteiger partial charge is 0.480 e. The molecule has 0 aromatic rings. The Morgan fingerprint density at radius 2 is 2.21 bits per heavy atom. The van der Waals surface area contributed by atoms with Gasteiger partial charge in [0.25, 0.3) is 5.91 Å². The van der Waals surface area contributed by atoms with E-state index in [4.69, 9.17) is 5.11 Å². The van der Waals surface area contributed by atoms with Crippen LogP contribution in [0.25, 0.3) is 0 Å². The zero-order valence-electron chi connectivity index (χ0n) is 8.16. The van der Waals surface area contributed by atoms with Crippen molar-refractivity contribution in [3.05, 3.63) is 0 Å². The summed E-state index contributed by atoms with van der Waals surface area (Å²) in [4.78, 5) is 21.6. The van der Waals surface area contributed by atoms with Crippen molar-refractivity contribution in [3.8, 4) is 11.8 Å². The molecule has 0 bridgehead atoms. The highest BCUT2D eigenvalue weighted by Gasteiger charge is 2.17. The molecule has 0 spiro atoms. The fourth-order valence-electron chi connectivity index (χ4n) is 0.801. The van der Waals surface area contributed by atoms with Crippen molar-refractivity contribution in [3.63, 3.8) is 0 Å². The number of aliphatic carboxylic acids is 1. The third kappa shape index (κ3) is 5.49. The van der Waals surface area contributed by atoms with Crippen molar-refractivity contribution >= 4 is 23.6 Å². The highest BCUT2D eigenvalue weighted by Crippen LogP contribution is 2.00. The number of nitrogens with one attached hydrogen (secondary N) is 1. The fraction of sp³-hybridized carbons (Fsp3) is 0.556. The van der Waals surface area contributed by atoms with Gasteiger partial charge in [0.05, 0.1) is 0 Å². The van der Waals surface area contributed by atoms with Gasteiger partial charge in [0, 0.05) is 0 Å². The molecule has 0 rings (SSSR count). The van der Waals surface area contributed by atoms with Crippen LogP contribution in [0.15, 0.2) is 0 Å². The van der Waals surface area contributed by atoms with Crippen LogP contribution in [0, 0.1) is 11.8 Å². The van der Waals surface area contributed by atoms with Crippen LogP contribution in [0.4, 0.5) is 0 Å². The first kappa shape index (κ1) is 12.8. The van der Waals surface area contributed by atoms with Gasteiger partial charge in [-0.2, -0.15) is 11.8 Å². The van der Waals surface area contributed by atoms with E-state index in [0.717, 1.165) is 0 Å². The molecule has 0 aromatic carbocycles. The Hall–Kier alpha value is -1.15. The van der Waals surface area contributed by atoms with Gasteiger partial charge in [-0.3, -0.25) is 4.79 Å². The zero-order chi connectivity index (χ0) is 11.0. The quantitative estimate of drug-likeness (QED) is 0.649. The fourth-order valence-corrected chi connectivity index (χ4v) is 1.27. The van der Waals surface area contributed by atoms with Gasteiger partial charge in [0.2, 0.25) is 0 Å². The third-order valence-electron chi connectivity index (χ3n) is 1.45. The maximum absolute atomic E-state index is 11.0. The van der Waals surface area contributed by atoms with Gasteiger partial charge in [-0.15, -0.1) is 0 Å². The van der Waals surface area contributed by atoms with Crippen molar-refractivity contribution in [2.75, 3.05) is 12.0 Å². The molecule has 1 amide bonds. The SMILES string of the molecule is CC#CC(=O)N[C@@H](CCSC)C(=O)O. The van der Waals surface area contributed by atoms with Crippen LogP contribution in [-0.2, 0) is 9.59 Å². The predicted octanol–water partition coefficient (Wildman–Crippen LogP) is 0.332. The van der Waals surface area contributed by atoms with Crippen molar-refractivity contribution in [2.24, 2.45) is 0 Å². The van der Waals surface area contributed by atoms with Crippen LogP contribution in [0.2, 0.25) is 0 Å². The number of thioether (sulfide) groups is 1. The van der Waals surface area contributed by atoms with Crippen molar-refractivity contribution in [2.45, 2.75) is 19.4 Å². The summed E-state index contributed by atoms with van der Waals surface area (Å²) in [6.45, 7) is 1.53. The van der Waals surface area contributed by atoms with E-state index in [0.29, 0.717) is 12.2 Å². The van der Waals surface area contributed by atoms with Crippen LogP contribution < -0.4 is 5.32 Å². The number of carboxylic acid groups (broad SMARTS) is 1. The molecule has 0 radical (unpaired) electrons. The molecule has 2 N–H and O–H groups in total. The number of hydrogen-bond donors (Lipinski definition) is 2. The minimum Gasteiger partial charge on any atom is -0.480 e. The van der Waals surface area contributed by atoms with E-state index < -0.39 is 17.9 Å². The predicted molar refractivity (Wildman–Crippen MR) is 56.0 cm³/mol. The third-order valence-corrected chi connectivity index (χ3v) is 2.10. The van der Waals surface area contributed by atoms with Crippen molar-refractivity contribution < 1.29 is 14.7 Å². The molecule has 0 fully saturated rings. The van der Waals surface area contributed by atoms with Gasteiger partial charge in [-0.25, -0.2) is 4.79 Å². The number of carbonyl (C=O) groups is 2. The van der Waals surface area contributed by atoms with Gasteiger partial charge in [-0.1, -0.05) is 5.92 Å². The Morgan fingerprint density at radius 1 is 1.57 bits per heavy atom. The normalized spacial score (nSPS) is 11.0. The Balaban J connectivity index is 4.13. The molecule has 0 aromatic heterocycles. The molecule has 0 heterocycles. The van der Waals surface area contributed by atoms with Crippen LogP contribution in [0.3, 0.4) is 0 Å². The summed E-state index contributed by atoms with van der Waals surface area (Å²) in [6.07, 6.45) is 2.29. The molecule has 0 saturated heterocycles. The summed E-state index contributed by atoms with van der Waals surface area (Å²) in [5.41, 5.74) is 0. The van der Waals surface area contributed by atoms with Crippen LogP contribution in [0.1, 0.15) is 13.3 Å². The molecule has 0 aliphatic rings. The lowest BCUT2D eigenvalue weighted by molar-refractivity contribution is -0.141. The Labute approximate surface area is 87.4 Å². The zero-order valence-corrected chi connectivity index (χ0v) is 8.98. The standard InChI is InChI=1S/C9H13NO3S/c1-3-4-8(11)10-7(9(12)13)5-6-14-2/h7H,5-6H2,1-2H3,(H,10,11)(H,12,13)/t7-/m0/s1. The summed E-state index contributed by atoms with van der Waals surface area (Å²) in [5, 5.41) is 11.1. The molecular formula is C9H13NO3S. The first-order valence-corrected chi connectivity index (χ1v) is 5.46. The molecule has 0 aliphatic carbocycles. The summed E-state index contributed by atoms with van der Waals surface area (Å²) in [5.74, 6) is 3.77. The molecule has 0 saturated carbocycles. The van der Waals surface area contributed by atoms with Crippen LogP contribution in [0.5, 0.6) is 0 Å². The molecule has 0 unspecified atom stereocenters. The number of rotatable bonds is 5. The van der Waals surface area contributed by atoms with Gasteiger partial charge in [0.15, 0.2) is 0 Å². The van der Waals surface area contributed by atoms with E-state index in [1.165, 1.54) is 18.7 Å². The Morgan fingerprint density at radius 3 is 2.64 bits per heavy atom. The lowest BCUT2D eigenvalue weighted by Crippen LogP contribution is -2.40. The minimum absolute atomic E-state index is 0.410. The Kier molecular flexibility index (Phi) is 6.68. The van der Waals surface area contributed by atoms with Gasteiger partial charge in [-0.05, 0) is 31.3 Å². The maximum atomic E-state index is 11.0. The number of amides is 1. The van der Waals surface area contributed by atoms with E-state index >= 15 is 0 Å². The molecule has 5 heteroatoms. The Bertz CT molecular complexity index is 267. The molecule has 14 heavy (non-hydrogen) atoms.